The Morgan fingerprint density at radius 1 is 1.31 bits per heavy atom. The molecule has 3 rings (SSSR count). The topological polar surface area (TPSA) is 50.9 Å². The number of imidazole rings is 1. The normalized spacial score (nSPS) is 12.1. The van der Waals surface area contributed by atoms with Gasteiger partial charge in [-0.05, 0) is 0 Å². The van der Waals surface area contributed by atoms with Crippen LogP contribution in [0.3, 0.4) is 0 Å². The molecule has 0 aliphatic rings. The zero-order chi connectivity index (χ0) is 11.1. The third kappa shape index (κ3) is 1.27. The molecule has 16 heavy (non-hydrogen) atoms. The van der Waals surface area contributed by atoms with Crippen molar-refractivity contribution in [2.75, 3.05) is 0 Å². The fourth-order valence-corrected chi connectivity index (χ4v) is 2.70. The molecular weight excluding hydrogens is 265 g/mol. The summed E-state index contributed by atoms with van der Waals surface area (Å²) in [7, 11) is 1.93. The molecule has 0 spiro atoms. The molecule has 79 valence electrons. The van der Waals surface area contributed by atoms with Crippen LogP contribution in [0.2, 0.25) is 0 Å². The van der Waals surface area contributed by atoms with Gasteiger partial charge >= 0.3 is 98.8 Å². The molecule has 0 unspecified atom stereocenters. The molecule has 1 radical (unpaired) electrons. The van der Waals surface area contributed by atoms with E-state index in [2.05, 4.69) is 9.97 Å². The summed E-state index contributed by atoms with van der Waals surface area (Å²) in [5.74, 6) is 0. The van der Waals surface area contributed by atoms with E-state index in [1.165, 1.54) is 0 Å². The molecule has 1 N–H and O–H groups in total. The maximum atomic E-state index is 9.29. The third-order valence-corrected chi connectivity index (χ3v) is 3.91. The molecular formula is C11H9AsN3O. The molecule has 3 aromatic rings. The van der Waals surface area contributed by atoms with Crippen LogP contribution in [0.1, 0.15) is 0 Å². The molecule has 0 amide bonds. The predicted octanol–water partition coefficient (Wildman–Crippen LogP) is 0.358. The molecule has 0 atom stereocenters. The van der Waals surface area contributed by atoms with Crippen molar-refractivity contribution < 1.29 is 4.10 Å². The van der Waals surface area contributed by atoms with E-state index in [-0.39, 0.29) is 0 Å². The Balaban J connectivity index is 2.51. The van der Waals surface area contributed by atoms with Gasteiger partial charge in [0.2, 0.25) is 0 Å². The van der Waals surface area contributed by atoms with Crippen molar-refractivity contribution in [1.29, 1.82) is 0 Å². The second-order valence-electron chi connectivity index (χ2n) is 3.57. The summed E-state index contributed by atoms with van der Waals surface area (Å²) >= 11 is -0.847. The Kier molecular flexibility index (Phi) is 2.20. The van der Waals surface area contributed by atoms with Crippen molar-refractivity contribution >= 4 is 42.6 Å². The van der Waals surface area contributed by atoms with Gasteiger partial charge in [-0.1, -0.05) is 0 Å². The molecule has 1 aromatic carbocycles. The average molecular weight is 274 g/mol. The van der Waals surface area contributed by atoms with Crippen LogP contribution < -0.4 is 4.61 Å². The van der Waals surface area contributed by atoms with Crippen LogP contribution in [0.15, 0.2) is 30.5 Å². The van der Waals surface area contributed by atoms with Crippen molar-refractivity contribution in [3.63, 3.8) is 0 Å². The number of pyridine rings is 1. The van der Waals surface area contributed by atoms with E-state index < -0.39 is 16.1 Å². The van der Waals surface area contributed by atoms with Gasteiger partial charge in [-0.25, -0.2) is 0 Å². The molecule has 0 bridgehead atoms. The number of fused-ring (bicyclic) bond motifs is 3. The minimum atomic E-state index is -0.847. The second-order valence-corrected chi connectivity index (χ2v) is 4.83. The van der Waals surface area contributed by atoms with Crippen LogP contribution in [-0.4, -0.2) is 34.7 Å². The number of aryl methyl sites for hydroxylation is 1. The van der Waals surface area contributed by atoms with Gasteiger partial charge in [0.05, 0.1) is 0 Å². The quantitative estimate of drug-likeness (QED) is 0.652. The monoisotopic (exact) mass is 274 g/mol. The number of aromatic nitrogens is 3. The number of benzene rings is 1. The minimum absolute atomic E-state index is 0.766. The molecule has 0 fully saturated rings. The van der Waals surface area contributed by atoms with Gasteiger partial charge in [-0.15, -0.1) is 0 Å². The van der Waals surface area contributed by atoms with E-state index in [1.807, 2.05) is 35.9 Å². The van der Waals surface area contributed by atoms with Gasteiger partial charge in [0.25, 0.3) is 0 Å². The van der Waals surface area contributed by atoms with Gasteiger partial charge in [0, 0.05) is 0 Å². The van der Waals surface area contributed by atoms with Gasteiger partial charge in [-0.2, -0.15) is 0 Å². The van der Waals surface area contributed by atoms with E-state index in [0.29, 0.717) is 0 Å². The van der Waals surface area contributed by atoms with Crippen LogP contribution in [0.25, 0.3) is 21.9 Å². The number of hydrogen-bond donors (Lipinski definition) is 1. The van der Waals surface area contributed by atoms with Crippen LogP contribution in [0, 0.1) is 0 Å². The summed E-state index contributed by atoms with van der Waals surface area (Å²) in [5.41, 5.74) is 2.90. The fourth-order valence-electron chi connectivity index (χ4n) is 1.89. The van der Waals surface area contributed by atoms with Gasteiger partial charge in [0.15, 0.2) is 0 Å². The summed E-state index contributed by atoms with van der Waals surface area (Å²) in [5, 5.41) is 1.04. The SMILES string of the molecule is Cn1c([As]O)nc2c3cccnc3ccc21. The maximum absolute atomic E-state index is 9.29. The molecule has 5 heteroatoms. The first-order chi connectivity index (χ1) is 7.81. The Morgan fingerprint density at radius 3 is 3.00 bits per heavy atom. The first-order valence-corrected chi connectivity index (χ1v) is 6.64. The standard InChI is InChI=1S/C11H9AsN3O/c1-15-9-5-4-8-7(3-2-6-13-8)10(9)14-11(15)12-16/h2-6,16H,1H3. The van der Waals surface area contributed by atoms with Crippen LogP contribution in [0.5, 0.6) is 0 Å². The number of hydrogen-bond acceptors (Lipinski definition) is 3. The van der Waals surface area contributed by atoms with Crippen molar-refractivity contribution in [3.05, 3.63) is 30.5 Å². The Labute approximate surface area is 99.0 Å². The van der Waals surface area contributed by atoms with E-state index in [9.17, 15) is 4.10 Å². The van der Waals surface area contributed by atoms with Crippen LogP contribution >= 0.6 is 0 Å². The van der Waals surface area contributed by atoms with E-state index in [0.717, 1.165) is 26.5 Å². The molecule has 0 aliphatic heterocycles. The van der Waals surface area contributed by atoms with Gasteiger partial charge in [0.1, 0.15) is 0 Å². The molecule has 4 nitrogen and oxygen atoms in total. The Hall–Kier alpha value is -1.38. The third-order valence-electron chi connectivity index (χ3n) is 2.70. The summed E-state index contributed by atoms with van der Waals surface area (Å²) in [6, 6.07) is 7.90. The predicted molar refractivity (Wildman–Crippen MR) is 63.6 cm³/mol. The van der Waals surface area contributed by atoms with Gasteiger partial charge in [-0.3, -0.25) is 0 Å². The molecule has 2 heterocycles. The van der Waals surface area contributed by atoms with Crippen LogP contribution in [-0.2, 0) is 7.05 Å². The Bertz CT molecular complexity index is 677. The first-order valence-electron chi connectivity index (χ1n) is 4.86. The zero-order valence-corrected chi connectivity index (χ0v) is 10.5. The van der Waals surface area contributed by atoms with Gasteiger partial charge < -0.3 is 0 Å². The van der Waals surface area contributed by atoms with E-state index in [1.54, 1.807) is 6.20 Å². The zero-order valence-electron chi connectivity index (χ0n) is 8.62. The summed E-state index contributed by atoms with van der Waals surface area (Å²) in [4.78, 5) is 8.77. The first kappa shape index (κ1) is 9.82. The molecule has 2 aromatic heterocycles. The fraction of sp³-hybridized carbons (Fsp3) is 0.0909. The van der Waals surface area contributed by atoms with Crippen molar-refractivity contribution in [1.82, 2.24) is 14.5 Å². The molecule has 0 saturated heterocycles. The average Bonchev–Trinajstić information content (AvgIpc) is 2.67. The molecule has 0 saturated carbocycles. The van der Waals surface area contributed by atoms with Crippen molar-refractivity contribution in [3.8, 4) is 0 Å². The van der Waals surface area contributed by atoms with Crippen LogP contribution in [0.4, 0.5) is 0 Å². The number of rotatable bonds is 1. The summed E-state index contributed by atoms with van der Waals surface area (Å²) < 4.78 is 12.0. The van der Waals surface area contributed by atoms with E-state index in [4.69, 9.17) is 0 Å². The van der Waals surface area contributed by atoms with E-state index >= 15 is 0 Å². The summed E-state index contributed by atoms with van der Waals surface area (Å²) in [6.45, 7) is 0. The summed E-state index contributed by atoms with van der Waals surface area (Å²) in [6.07, 6.45) is 1.77. The second kappa shape index (κ2) is 3.58. The van der Waals surface area contributed by atoms with Crippen molar-refractivity contribution in [2.24, 2.45) is 7.05 Å². The van der Waals surface area contributed by atoms with Crippen molar-refractivity contribution in [2.45, 2.75) is 0 Å². The number of nitrogens with zero attached hydrogens (tertiary/aromatic N) is 3. The molecule has 0 aliphatic carbocycles. The Morgan fingerprint density at radius 2 is 2.19 bits per heavy atom.